The van der Waals surface area contributed by atoms with Gasteiger partial charge in [-0.1, -0.05) is 0 Å². The largest absolute Gasteiger partial charge is 0.480 e. The molecule has 5 rings (SSSR count). The van der Waals surface area contributed by atoms with Crippen LogP contribution in [-0.2, 0) is 4.79 Å². The number of H-pyrrole nitrogens is 1. The number of aromatic amines is 1. The summed E-state index contributed by atoms with van der Waals surface area (Å²) in [6, 6.07) is 8.72. The quantitative estimate of drug-likeness (QED) is 0.430. The molecule has 2 N–H and O–H groups in total. The van der Waals surface area contributed by atoms with E-state index < -0.39 is 11.7 Å². The first-order valence-corrected chi connectivity index (χ1v) is 10.4. The van der Waals surface area contributed by atoms with E-state index in [1.165, 1.54) is 42.9 Å². The van der Waals surface area contributed by atoms with E-state index in [-0.39, 0.29) is 40.7 Å². The van der Waals surface area contributed by atoms with Crippen LogP contribution in [0.2, 0.25) is 0 Å². The number of nitrogens with zero attached hydrogens (tertiary/aromatic N) is 5. The number of carbonyl (C=O) groups excluding carboxylic acids is 2. The van der Waals surface area contributed by atoms with Crippen LogP contribution in [0.3, 0.4) is 0 Å². The highest BCUT2D eigenvalue weighted by molar-refractivity contribution is 6.04. The molecule has 4 aromatic rings. The molecule has 1 aromatic carbocycles. The molecule has 11 nitrogen and oxygen atoms in total. The number of amides is 2. The van der Waals surface area contributed by atoms with E-state index in [2.05, 4.69) is 25.6 Å². The van der Waals surface area contributed by atoms with E-state index in [1.54, 1.807) is 18.3 Å². The van der Waals surface area contributed by atoms with Crippen LogP contribution in [0, 0.1) is 11.7 Å². The third-order valence-electron chi connectivity index (χ3n) is 5.29. The molecule has 1 aliphatic rings. The minimum Gasteiger partial charge on any atom is -0.480 e. The Labute approximate surface area is 192 Å². The van der Waals surface area contributed by atoms with Crippen molar-refractivity contribution in [3.05, 3.63) is 54.1 Å². The van der Waals surface area contributed by atoms with E-state index in [0.29, 0.717) is 11.5 Å². The van der Waals surface area contributed by atoms with Crippen LogP contribution in [0.4, 0.5) is 15.9 Å². The van der Waals surface area contributed by atoms with E-state index in [4.69, 9.17) is 9.47 Å². The summed E-state index contributed by atoms with van der Waals surface area (Å²) in [6.07, 6.45) is 3.38. The summed E-state index contributed by atoms with van der Waals surface area (Å²) in [6.45, 7) is 0. The van der Waals surface area contributed by atoms with E-state index in [0.717, 1.165) is 17.7 Å². The maximum absolute atomic E-state index is 14.5. The third-order valence-corrected chi connectivity index (χ3v) is 5.29. The lowest BCUT2D eigenvalue weighted by Gasteiger charge is -2.18. The Morgan fingerprint density at radius 1 is 1.21 bits per heavy atom. The number of benzene rings is 1. The van der Waals surface area contributed by atoms with Gasteiger partial charge in [0.05, 0.1) is 19.0 Å². The predicted octanol–water partition coefficient (Wildman–Crippen LogP) is 3.02. The second-order valence-corrected chi connectivity index (χ2v) is 7.77. The number of ether oxygens (including phenoxy) is 2. The van der Waals surface area contributed by atoms with Crippen LogP contribution in [0.25, 0.3) is 5.65 Å². The molecule has 0 aliphatic heterocycles. The summed E-state index contributed by atoms with van der Waals surface area (Å²) in [4.78, 5) is 30.1. The number of imidazole rings is 1. The van der Waals surface area contributed by atoms with Crippen LogP contribution in [0.15, 0.2) is 42.6 Å². The van der Waals surface area contributed by atoms with Gasteiger partial charge in [0, 0.05) is 31.2 Å². The Bertz CT molecular complexity index is 1400. The molecule has 1 saturated carbocycles. The van der Waals surface area contributed by atoms with Crippen molar-refractivity contribution in [2.24, 2.45) is 5.92 Å². The van der Waals surface area contributed by atoms with Gasteiger partial charge in [0.2, 0.25) is 17.7 Å². The lowest BCUT2D eigenvalue weighted by Crippen LogP contribution is -2.27. The highest BCUT2D eigenvalue weighted by Gasteiger charge is 2.30. The van der Waals surface area contributed by atoms with Crippen LogP contribution in [-0.4, -0.2) is 50.8 Å². The van der Waals surface area contributed by atoms with Crippen molar-refractivity contribution < 1.29 is 23.5 Å². The van der Waals surface area contributed by atoms with Crippen molar-refractivity contribution in [2.45, 2.75) is 12.8 Å². The molecule has 1 fully saturated rings. The SMILES string of the molecule is COc1cc(C(=O)N(C)c2cc(Oc3ccc4nc(NC(=O)C5CC5)cn4n3)ccc2F)[nH]n1. The smallest absolute Gasteiger partial charge is 0.276 e. The first-order valence-electron chi connectivity index (χ1n) is 10.4. The molecule has 3 heterocycles. The van der Waals surface area contributed by atoms with Crippen LogP contribution < -0.4 is 19.7 Å². The van der Waals surface area contributed by atoms with Gasteiger partial charge in [-0.2, -0.15) is 0 Å². The van der Waals surface area contributed by atoms with Gasteiger partial charge < -0.3 is 19.7 Å². The Morgan fingerprint density at radius 3 is 2.76 bits per heavy atom. The van der Waals surface area contributed by atoms with Gasteiger partial charge in [0.1, 0.15) is 17.3 Å². The number of halogens is 1. The summed E-state index contributed by atoms with van der Waals surface area (Å²) in [5, 5.41) is 13.5. The van der Waals surface area contributed by atoms with Crippen molar-refractivity contribution in [2.75, 3.05) is 24.4 Å². The average molecular weight is 465 g/mol. The zero-order chi connectivity index (χ0) is 23.8. The zero-order valence-electron chi connectivity index (χ0n) is 18.3. The Hall–Kier alpha value is -4.48. The van der Waals surface area contributed by atoms with Crippen molar-refractivity contribution in [3.63, 3.8) is 0 Å². The molecule has 174 valence electrons. The lowest BCUT2D eigenvalue weighted by atomic mass is 10.2. The van der Waals surface area contributed by atoms with Gasteiger partial charge in [-0.3, -0.25) is 14.7 Å². The van der Waals surface area contributed by atoms with Crippen LogP contribution in [0.1, 0.15) is 23.3 Å². The molecule has 0 atom stereocenters. The van der Waals surface area contributed by atoms with E-state index in [1.807, 2.05) is 0 Å². The van der Waals surface area contributed by atoms with E-state index in [9.17, 15) is 14.0 Å². The van der Waals surface area contributed by atoms with Crippen LogP contribution >= 0.6 is 0 Å². The van der Waals surface area contributed by atoms with Gasteiger partial charge in [0.15, 0.2) is 11.5 Å². The summed E-state index contributed by atoms with van der Waals surface area (Å²) >= 11 is 0. The number of aromatic nitrogens is 5. The minimum absolute atomic E-state index is 0.00449. The Balaban J connectivity index is 1.34. The maximum atomic E-state index is 14.5. The molecule has 3 aromatic heterocycles. The maximum Gasteiger partial charge on any atom is 0.276 e. The molecule has 0 bridgehead atoms. The summed E-state index contributed by atoms with van der Waals surface area (Å²) in [5.41, 5.74) is 0.672. The first kappa shape index (κ1) is 21.4. The Morgan fingerprint density at radius 2 is 2.03 bits per heavy atom. The highest BCUT2D eigenvalue weighted by Crippen LogP contribution is 2.31. The van der Waals surface area contributed by atoms with Crippen molar-refractivity contribution in [3.8, 4) is 17.5 Å². The zero-order valence-corrected chi connectivity index (χ0v) is 18.3. The Kier molecular flexibility index (Phi) is 5.32. The summed E-state index contributed by atoms with van der Waals surface area (Å²) in [5.74, 6) is 0.0268. The number of rotatable bonds is 7. The summed E-state index contributed by atoms with van der Waals surface area (Å²) in [7, 11) is 2.86. The molecular weight excluding hydrogens is 445 g/mol. The fourth-order valence-electron chi connectivity index (χ4n) is 3.29. The van der Waals surface area contributed by atoms with Crippen LogP contribution in [0.5, 0.6) is 17.5 Å². The minimum atomic E-state index is -0.608. The number of fused-ring (bicyclic) bond motifs is 1. The summed E-state index contributed by atoms with van der Waals surface area (Å²) < 4.78 is 26.7. The standard InChI is InChI=1S/C22H20FN7O4/c1-29(22(32)15-10-20(33-2)27-26-15)16-9-13(5-6-14(16)23)34-19-8-7-18-24-17(11-30(18)28-19)25-21(31)12-3-4-12/h5-12H,3-4H2,1-2H3,(H,25,31)(H,26,27). The topological polar surface area (TPSA) is 127 Å². The van der Waals surface area contributed by atoms with Gasteiger partial charge >= 0.3 is 0 Å². The van der Waals surface area contributed by atoms with Crippen molar-refractivity contribution in [1.29, 1.82) is 0 Å². The average Bonchev–Trinajstić information content (AvgIpc) is 3.45. The fourth-order valence-corrected chi connectivity index (χ4v) is 3.29. The van der Waals surface area contributed by atoms with Gasteiger partial charge in [-0.15, -0.1) is 10.2 Å². The first-order chi connectivity index (χ1) is 16.4. The molecule has 0 radical (unpaired) electrons. The molecular formula is C22H20FN7O4. The molecule has 0 spiro atoms. The van der Waals surface area contributed by atoms with E-state index >= 15 is 0 Å². The molecule has 34 heavy (non-hydrogen) atoms. The second kappa shape index (κ2) is 8.46. The number of carbonyl (C=O) groups is 2. The number of nitrogens with one attached hydrogen (secondary N) is 2. The molecule has 12 heteroatoms. The number of hydrogen-bond donors (Lipinski definition) is 2. The highest BCUT2D eigenvalue weighted by atomic mass is 19.1. The van der Waals surface area contributed by atoms with Crippen molar-refractivity contribution >= 4 is 29.0 Å². The molecule has 1 aliphatic carbocycles. The molecule has 0 unspecified atom stereocenters. The number of hydrogen-bond acceptors (Lipinski definition) is 7. The lowest BCUT2D eigenvalue weighted by molar-refractivity contribution is -0.117. The fraction of sp³-hybridized carbons (Fsp3) is 0.227. The van der Waals surface area contributed by atoms with Crippen molar-refractivity contribution in [1.82, 2.24) is 24.8 Å². The monoisotopic (exact) mass is 465 g/mol. The second-order valence-electron chi connectivity index (χ2n) is 7.77. The number of anilines is 2. The number of methoxy groups -OCH3 is 1. The van der Waals surface area contributed by atoms with Gasteiger partial charge in [-0.25, -0.2) is 13.9 Å². The van der Waals surface area contributed by atoms with Gasteiger partial charge in [-0.05, 0) is 31.0 Å². The third kappa shape index (κ3) is 4.25. The molecule has 0 saturated heterocycles. The van der Waals surface area contributed by atoms with Gasteiger partial charge in [0.25, 0.3) is 5.91 Å². The molecule has 2 amide bonds. The predicted molar refractivity (Wildman–Crippen MR) is 119 cm³/mol. The normalized spacial score (nSPS) is 13.0.